The molecule has 84 valence electrons. The van der Waals surface area contributed by atoms with E-state index in [1.54, 1.807) is 11.3 Å². The largest absolute Gasteiger partial charge is 0.409 e. The smallest absolute Gasteiger partial charge is 0.143 e. The molecule has 0 fully saturated rings. The van der Waals surface area contributed by atoms with E-state index in [2.05, 4.69) is 15.5 Å². The van der Waals surface area contributed by atoms with Crippen molar-refractivity contribution in [3.05, 3.63) is 16.1 Å². The van der Waals surface area contributed by atoms with E-state index in [9.17, 15) is 0 Å². The van der Waals surface area contributed by atoms with Gasteiger partial charge >= 0.3 is 0 Å². The Morgan fingerprint density at radius 2 is 2.53 bits per heavy atom. The third-order valence-electron chi connectivity index (χ3n) is 2.01. The molecule has 1 heterocycles. The second-order valence-corrected chi connectivity index (χ2v) is 4.38. The zero-order chi connectivity index (χ0) is 11.3. The summed E-state index contributed by atoms with van der Waals surface area (Å²) in [4.78, 5) is 4.32. The lowest BCUT2D eigenvalue weighted by molar-refractivity contribution is 0.314. The van der Waals surface area contributed by atoms with Crippen molar-refractivity contribution in [3.8, 4) is 0 Å². The molecule has 0 amide bonds. The number of thiazole rings is 1. The van der Waals surface area contributed by atoms with Gasteiger partial charge in [0.25, 0.3) is 0 Å². The molecule has 0 aromatic carbocycles. The molecule has 0 saturated heterocycles. The number of aromatic nitrogens is 1. The Morgan fingerprint density at radius 1 is 1.80 bits per heavy atom. The fourth-order valence-corrected chi connectivity index (χ4v) is 1.82. The van der Waals surface area contributed by atoms with Gasteiger partial charge in [-0.05, 0) is 6.92 Å². The van der Waals surface area contributed by atoms with Gasteiger partial charge in [-0.15, -0.1) is 11.3 Å². The third-order valence-corrected chi connectivity index (χ3v) is 2.98. The van der Waals surface area contributed by atoms with Gasteiger partial charge in [0, 0.05) is 30.1 Å². The molecule has 0 radical (unpaired) electrons. The average molecular weight is 228 g/mol. The van der Waals surface area contributed by atoms with E-state index in [4.69, 9.17) is 10.9 Å². The van der Waals surface area contributed by atoms with Crippen LogP contribution in [-0.2, 0) is 6.54 Å². The predicted octanol–water partition coefficient (Wildman–Crippen LogP) is 0.924. The van der Waals surface area contributed by atoms with E-state index in [1.165, 1.54) is 0 Å². The Bertz CT molecular complexity index is 337. The predicted molar refractivity (Wildman–Crippen MR) is 61.1 cm³/mol. The minimum Gasteiger partial charge on any atom is -0.409 e. The van der Waals surface area contributed by atoms with Crippen LogP contribution in [0.5, 0.6) is 0 Å². The van der Waals surface area contributed by atoms with Gasteiger partial charge in [0.1, 0.15) is 10.8 Å². The van der Waals surface area contributed by atoms with Gasteiger partial charge in [-0.25, -0.2) is 4.98 Å². The van der Waals surface area contributed by atoms with Crippen molar-refractivity contribution < 1.29 is 5.21 Å². The first kappa shape index (κ1) is 11.9. The van der Waals surface area contributed by atoms with Gasteiger partial charge < -0.3 is 16.3 Å². The van der Waals surface area contributed by atoms with Crippen molar-refractivity contribution in [3.63, 3.8) is 0 Å². The number of nitrogens with two attached hydrogens (primary N) is 1. The summed E-state index contributed by atoms with van der Waals surface area (Å²) in [6.45, 7) is 5.27. The highest BCUT2D eigenvalue weighted by Gasteiger charge is 2.07. The van der Waals surface area contributed by atoms with E-state index in [0.29, 0.717) is 6.54 Å². The normalized spacial score (nSPS) is 14.1. The van der Waals surface area contributed by atoms with E-state index < -0.39 is 0 Å². The molecule has 1 aromatic rings. The van der Waals surface area contributed by atoms with Gasteiger partial charge in [-0.1, -0.05) is 12.1 Å². The zero-order valence-corrected chi connectivity index (χ0v) is 9.71. The Morgan fingerprint density at radius 3 is 3.07 bits per heavy atom. The number of hydrogen-bond acceptors (Lipinski definition) is 5. The molecule has 0 bridgehead atoms. The Kier molecular flexibility index (Phi) is 4.51. The summed E-state index contributed by atoms with van der Waals surface area (Å²) in [7, 11) is 0. The maximum atomic E-state index is 8.45. The molecular formula is C9H16N4OS. The Hall–Kier alpha value is -1.14. The van der Waals surface area contributed by atoms with Crippen LogP contribution in [0.1, 0.15) is 17.6 Å². The van der Waals surface area contributed by atoms with E-state index in [1.807, 2.05) is 19.2 Å². The van der Waals surface area contributed by atoms with Gasteiger partial charge in [0.2, 0.25) is 0 Å². The summed E-state index contributed by atoms with van der Waals surface area (Å²) in [6.07, 6.45) is 0. The summed E-state index contributed by atoms with van der Waals surface area (Å²) in [5, 5.41) is 17.7. The van der Waals surface area contributed by atoms with Crippen LogP contribution in [0, 0.1) is 12.8 Å². The van der Waals surface area contributed by atoms with Crippen LogP contribution in [0.25, 0.3) is 0 Å². The summed E-state index contributed by atoms with van der Waals surface area (Å²) < 4.78 is 0. The van der Waals surface area contributed by atoms with Crippen molar-refractivity contribution in [2.75, 3.05) is 6.54 Å². The summed E-state index contributed by atoms with van der Waals surface area (Å²) in [6, 6.07) is 0. The molecule has 5 nitrogen and oxygen atoms in total. The van der Waals surface area contributed by atoms with Crippen LogP contribution in [0.4, 0.5) is 0 Å². The number of amidine groups is 1. The van der Waals surface area contributed by atoms with Crippen LogP contribution in [0.15, 0.2) is 10.5 Å². The van der Waals surface area contributed by atoms with E-state index >= 15 is 0 Å². The van der Waals surface area contributed by atoms with Gasteiger partial charge in [-0.2, -0.15) is 0 Å². The average Bonchev–Trinajstić information content (AvgIpc) is 2.63. The van der Waals surface area contributed by atoms with E-state index in [-0.39, 0.29) is 11.8 Å². The van der Waals surface area contributed by atoms with Crippen LogP contribution in [0.2, 0.25) is 0 Å². The van der Waals surface area contributed by atoms with Crippen LogP contribution in [-0.4, -0.2) is 22.6 Å². The molecule has 0 aliphatic heterocycles. The lowest BCUT2D eigenvalue weighted by Gasteiger charge is -2.09. The molecule has 1 rings (SSSR count). The molecule has 6 heteroatoms. The molecule has 1 atom stereocenters. The summed E-state index contributed by atoms with van der Waals surface area (Å²) >= 11 is 1.63. The maximum Gasteiger partial charge on any atom is 0.143 e. The Balaban J connectivity index is 2.27. The number of hydrogen-bond donors (Lipinski definition) is 3. The van der Waals surface area contributed by atoms with Gasteiger partial charge in [0.15, 0.2) is 0 Å². The monoisotopic (exact) mass is 228 g/mol. The number of nitrogens with zero attached hydrogens (tertiary/aromatic N) is 2. The fraction of sp³-hybridized carbons (Fsp3) is 0.556. The van der Waals surface area contributed by atoms with Crippen molar-refractivity contribution in [1.29, 1.82) is 0 Å². The molecule has 0 aliphatic carbocycles. The Labute approximate surface area is 93.0 Å². The topological polar surface area (TPSA) is 83.5 Å². The van der Waals surface area contributed by atoms with Crippen LogP contribution >= 0.6 is 11.3 Å². The highest BCUT2D eigenvalue weighted by Crippen LogP contribution is 2.07. The maximum absolute atomic E-state index is 8.45. The number of oxime groups is 1. The second kappa shape index (κ2) is 5.67. The van der Waals surface area contributed by atoms with Gasteiger partial charge in [0.05, 0.1) is 0 Å². The minimum absolute atomic E-state index is 0.0241. The molecule has 1 aromatic heterocycles. The highest BCUT2D eigenvalue weighted by atomic mass is 32.1. The molecule has 4 N–H and O–H groups in total. The summed E-state index contributed by atoms with van der Waals surface area (Å²) in [5.41, 5.74) is 6.49. The highest BCUT2D eigenvalue weighted by molar-refractivity contribution is 7.09. The molecule has 1 unspecified atom stereocenters. The number of rotatable bonds is 5. The SMILES string of the molecule is Cc1csc(CNCC(C)C(N)=NO)n1. The van der Waals surface area contributed by atoms with Crippen LogP contribution < -0.4 is 11.1 Å². The first-order valence-electron chi connectivity index (χ1n) is 4.72. The quantitative estimate of drug-likeness (QED) is 0.303. The standard InChI is InChI=1S/C9H16N4OS/c1-6(9(10)13-14)3-11-4-8-12-7(2)5-15-8/h5-6,11,14H,3-4H2,1-2H3,(H2,10,13). The number of nitrogens with one attached hydrogen (secondary N) is 1. The van der Waals surface area contributed by atoms with Crippen molar-refractivity contribution >= 4 is 17.2 Å². The van der Waals surface area contributed by atoms with E-state index in [0.717, 1.165) is 17.2 Å². The molecule has 0 aliphatic rings. The van der Waals surface area contributed by atoms with Crippen molar-refractivity contribution in [1.82, 2.24) is 10.3 Å². The van der Waals surface area contributed by atoms with Crippen molar-refractivity contribution in [2.24, 2.45) is 16.8 Å². The lowest BCUT2D eigenvalue weighted by atomic mass is 10.1. The van der Waals surface area contributed by atoms with Crippen LogP contribution in [0.3, 0.4) is 0 Å². The first-order chi connectivity index (χ1) is 7.13. The minimum atomic E-state index is 0.0241. The number of aryl methyl sites for hydroxylation is 1. The molecule has 15 heavy (non-hydrogen) atoms. The fourth-order valence-electron chi connectivity index (χ4n) is 1.08. The van der Waals surface area contributed by atoms with Crippen molar-refractivity contribution in [2.45, 2.75) is 20.4 Å². The molecule has 0 saturated carbocycles. The lowest BCUT2D eigenvalue weighted by Crippen LogP contribution is -2.31. The first-order valence-corrected chi connectivity index (χ1v) is 5.60. The molecule has 0 spiro atoms. The summed E-state index contributed by atoms with van der Waals surface area (Å²) in [5.74, 6) is 0.272. The second-order valence-electron chi connectivity index (χ2n) is 3.44. The zero-order valence-electron chi connectivity index (χ0n) is 8.90. The third kappa shape index (κ3) is 3.85. The molecular weight excluding hydrogens is 212 g/mol. The van der Waals surface area contributed by atoms with Gasteiger partial charge in [-0.3, -0.25) is 0 Å².